The molecule has 1 N–H and O–H groups in total. The predicted molar refractivity (Wildman–Crippen MR) is 109 cm³/mol. The number of benzene rings is 2. The van der Waals surface area contributed by atoms with Crippen LogP contribution in [0.25, 0.3) is 0 Å². The molecule has 0 radical (unpaired) electrons. The highest BCUT2D eigenvalue weighted by Gasteiger charge is 2.30. The van der Waals surface area contributed by atoms with E-state index in [4.69, 9.17) is 0 Å². The number of sulfonamides is 1. The van der Waals surface area contributed by atoms with E-state index >= 15 is 0 Å². The Morgan fingerprint density at radius 3 is 2.43 bits per heavy atom. The third-order valence-electron chi connectivity index (χ3n) is 5.05. The molecule has 28 heavy (non-hydrogen) atoms. The molecule has 0 aromatic heterocycles. The summed E-state index contributed by atoms with van der Waals surface area (Å²) in [5.41, 5.74) is 2.10. The summed E-state index contributed by atoms with van der Waals surface area (Å²) in [6.45, 7) is 4.21. The van der Waals surface area contributed by atoms with E-state index in [-0.39, 0.29) is 29.8 Å². The molecule has 0 aliphatic carbocycles. The Morgan fingerprint density at radius 2 is 1.75 bits per heavy atom. The maximum atomic E-state index is 12.8. The maximum Gasteiger partial charge on any atom is 0.240 e. The Bertz CT molecular complexity index is 898. The number of likely N-dealkylation sites (N-methyl/N-ethyl adjacent to an activating group) is 1. The number of hydrogen-bond acceptors (Lipinski definition) is 4. The molecular formula is C21H27N3O3S. The van der Waals surface area contributed by atoms with E-state index in [0.29, 0.717) is 6.54 Å². The molecule has 1 aliphatic rings. The van der Waals surface area contributed by atoms with Gasteiger partial charge < -0.3 is 9.80 Å². The lowest BCUT2D eigenvalue weighted by Gasteiger charge is -2.40. The summed E-state index contributed by atoms with van der Waals surface area (Å²) in [6.07, 6.45) is 0.137. The fourth-order valence-corrected chi connectivity index (χ4v) is 4.45. The second kappa shape index (κ2) is 8.86. The summed E-state index contributed by atoms with van der Waals surface area (Å²) in [6, 6.07) is 16.6. The molecule has 2 aromatic carbocycles. The SMILES string of the molecule is Cc1ccc(S(=O)(=O)NCCC(=O)N2CCN(C)C[C@@H]2c2ccccc2)cc1. The van der Waals surface area contributed by atoms with Crippen molar-refractivity contribution < 1.29 is 13.2 Å². The molecule has 0 bridgehead atoms. The highest BCUT2D eigenvalue weighted by Crippen LogP contribution is 2.25. The fraction of sp³-hybridized carbons (Fsp3) is 0.381. The molecule has 0 saturated carbocycles. The van der Waals surface area contributed by atoms with Gasteiger partial charge in [0, 0.05) is 32.6 Å². The molecule has 0 unspecified atom stereocenters. The molecule has 7 heteroatoms. The van der Waals surface area contributed by atoms with Gasteiger partial charge in [0.15, 0.2) is 0 Å². The van der Waals surface area contributed by atoms with Crippen molar-refractivity contribution in [3.8, 4) is 0 Å². The number of aryl methyl sites for hydroxylation is 1. The van der Waals surface area contributed by atoms with E-state index in [1.807, 2.05) is 49.2 Å². The van der Waals surface area contributed by atoms with Crippen molar-refractivity contribution in [1.82, 2.24) is 14.5 Å². The third-order valence-corrected chi connectivity index (χ3v) is 6.53. The molecule has 1 saturated heterocycles. The van der Waals surface area contributed by atoms with Crippen molar-refractivity contribution >= 4 is 15.9 Å². The first kappa shape index (κ1) is 20.5. The zero-order chi connectivity index (χ0) is 20.1. The lowest BCUT2D eigenvalue weighted by Crippen LogP contribution is -2.49. The van der Waals surface area contributed by atoms with E-state index < -0.39 is 10.0 Å². The Kier molecular flexibility index (Phi) is 6.49. The van der Waals surface area contributed by atoms with Gasteiger partial charge in [-0.2, -0.15) is 0 Å². The molecular weight excluding hydrogens is 374 g/mol. The molecule has 1 amide bonds. The van der Waals surface area contributed by atoms with Crippen LogP contribution in [-0.4, -0.2) is 57.4 Å². The van der Waals surface area contributed by atoms with Crippen LogP contribution in [0.2, 0.25) is 0 Å². The molecule has 1 fully saturated rings. The van der Waals surface area contributed by atoms with Crippen molar-refractivity contribution in [2.45, 2.75) is 24.3 Å². The van der Waals surface area contributed by atoms with Crippen LogP contribution in [0.3, 0.4) is 0 Å². The Labute approximate surface area is 167 Å². The van der Waals surface area contributed by atoms with Gasteiger partial charge in [0.1, 0.15) is 0 Å². The largest absolute Gasteiger partial charge is 0.333 e. The standard InChI is InChI=1S/C21H27N3O3S/c1-17-8-10-19(11-9-17)28(26,27)22-13-12-21(25)24-15-14-23(2)16-20(24)18-6-4-3-5-7-18/h3-11,20,22H,12-16H2,1-2H3/t20-/m1/s1. The van der Waals surface area contributed by atoms with Crippen molar-refractivity contribution in [3.05, 3.63) is 65.7 Å². The van der Waals surface area contributed by atoms with Crippen LogP contribution >= 0.6 is 0 Å². The lowest BCUT2D eigenvalue weighted by molar-refractivity contribution is -0.136. The van der Waals surface area contributed by atoms with Crippen LogP contribution in [0.15, 0.2) is 59.5 Å². The smallest absolute Gasteiger partial charge is 0.240 e. The molecule has 1 atom stereocenters. The van der Waals surface area contributed by atoms with Crippen LogP contribution in [-0.2, 0) is 14.8 Å². The van der Waals surface area contributed by atoms with Gasteiger partial charge in [-0.25, -0.2) is 13.1 Å². The second-order valence-corrected chi connectivity index (χ2v) is 9.00. The Hall–Kier alpha value is -2.22. The first-order valence-electron chi connectivity index (χ1n) is 9.46. The Balaban J connectivity index is 1.62. The van der Waals surface area contributed by atoms with E-state index in [0.717, 1.165) is 24.2 Å². The average molecular weight is 402 g/mol. The van der Waals surface area contributed by atoms with Crippen molar-refractivity contribution in [1.29, 1.82) is 0 Å². The summed E-state index contributed by atoms with van der Waals surface area (Å²) >= 11 is 0. The van der Waals surface area contributed by atoms with Gasteiger partial charge in [-0.1, -0.05) is 48.0 Å². The van der Waals surface area contributed by atoms with Crippen LogP contribution in [0.1, 0.15) is 23.6 Å². The number of carbonyl (C=O) groups excluding carboxylic acids is 1. The first-order valence-corrected chi connectivity index (χ1v) is 10.9. The van der Waals surface area contributed by atoms with Crippen molar-refractivity contribution in [2.75, 3.05) is 33.2 Å². The summed E-state index contributed by atoms with van der Waals surface area (Å²) < 4.78 is 27.3. The number of piperazine rings is 1. The summed E-state index contributed by atoms with van der Waals surface area (Å²) in [5.74, 6) is -0.0337. The van der Waals surface area contributed by atoms with Crippen LogP contribution in [0, 0.1) is 6.92 Å². The quantitative estimate of drug-likeness (QED) is 0.806. The molecule has 1 aliphatic heterocycles. The van der Waals surface area contributed by atoms with Crippen molar-refractivity contribution in [3.63, 3.8) is 0 Å². The fourth-order valence-electron chi connectivity index (χ4n) is 3.42. The Morgan fingerprint density at radius 1 is 1.07 bits per heavy atom. The first-order chi connectivity index (χ1) is 13.4. The van der Waals surface area contributed by atoms with E-state index in [1.165, 1.54) is 0 Å². The normalized spacial score (nSPS) is 18.2. The minimum absolute atomic E-state index is 0.0128. The number of amides is 1. The van der Waals surface area contributed by atoms with Crippen LogP contribution < -0.4 is 4.72 Å². The highest BCUT2D eigenvalue weighted by molar-refractivity contribution is 7.89. The van der Waals surface area contributed by atoms with Gasteiger partial charge in [0.2, 0.25) is 15.9 Å². The molecule has 6 nitrogen and oxygen atoms in total. The van der Waals surface area contributed by atoms with Gasteiger partial charge in [-0.3, -0.25) is 4.79 Å². The van der Waals surface area contributed by atoms with Crippen molar-refractivity contribution in [2.24, 2.45) is 0 Å². The molecule has 0 spiro atoms. The zero-order valence-corrected chi connectivity index (χ0v) is 17.2. The average Bonchev–Trinajstić information content (AvgIpc) is 2.68. The van der Waals surface area contributed by atoms with Gasteiger partial charge in [-0.05, 0) is 31.7 Å². The molecule has 3 rings (SSSR count). The predicted octanol–water partition coefficient (Wildman–Crippen LogP) is 2.18. The molecule has 150 valence electrons. The zero-order valence-electron chi connectivity index (χ0n) is 16.3. The maximum absolute atomic E-state index is 12.8. The minimum Gasteiger partial charge on any atom is -0.333 e. The second-order valence-electron chi connectivity index (χ2n) is 7.24. The highest BCUT2D eigenvalue weighted by atomic mass is 32.2. The van der Waals surface area contributed by atoms with Crippen LogP contribution in [0.5, 0.6) is 0 Å². The van der Waals surface area contributed by atoms with Gasteiger partial charge >= 0.3 is 0 Å². The van der Waals surface area contributed by atoms with E-state index in [2.05, 4.69) is 9.62 Å². The number of carbonyl (C=O) groups is 1. The number of nitrogens with one attached hydrogen (secondary N) is 1. The number of rotatable bonds is 6. The van der Waals surface area contributed by atoms with Gasteiger partial charge in [0.05, 0.1) is 10.9 Å². The monoisotopic (exact) mass is 401 g/mol. The minimum atomic E-state index is -3.61. The van der Waals surface area contributed by atoms with E-state index in [1.54, 1.807) is 24.3 Å². The van der Waals surface area contributed by atoms with E-state index in [9.17, 15) is 13.2 Å². The van der Waals surface area contributed by atoms with Gasteiger partial charge in [0.25, 0.3) is 0 Å². The topological polar surface area (TPSA) is 69.7 Å². The number of nitrogens with zero attached hydrogens (tertiary/aromatic N) is 2. The molecule has 1 heterocycles. The van der Waals surface area contributed by atoms with Gasteiger partial charge in [-0.15, -0.1) is 0 Å². The van der Waals surface area contributed by atoms with Crippen LogP contribution in [0.4, 0.5) is 0 Å². The molecule has 2 aromatic rings. The summed E-state index contributed by atoms with van der Waals surface area (Å²) in [5, 5.41) is 0. The lowest BCUT2D eigenvalue weighted by atomic mass is 10.0. The number of hydrogen-bond donors (Lipinski definition) is 1. The summed E-state index contributed by atoms with van der Waals surface area (Å²) in [4.78, 5) is 17.1. The third kappa shape index (κ3) is 4.98. The summed E-state index contributed by atoms with van der Waals surface area (Å²) in [7, 11) is -1.56.